The zero-order valence-electron chi connectivity index (χ0n) is 13.5. The third-order valence-corrected chi connectivity index (χ3v) is 4.33. The minimum absolute atomic E-state index is 0.202. The lowest BCUT2D eigenvalue weighted by Gasteiger charge is -2.23. The van der Waals surface area contributed by atoms with Gasteiger partial charge in [0, 0.05) is 24.9 Å². The van der Waals surface area contributed by atoms with Gasteiger partial charge >= 0.3 is 0 Å². The first-order valence-electron chi connectivity index (χ1n) is 7.25. The van der Waals surface area contributed by atoms with Crippen molar-refractivity contribution < 1.29 is 4.74 Å². The predicted molar refractivity (Wildman–Crippen MR) is 93.5 cm³/mol. The maximum Gasteiger partial charge on any atom is 0.191 e. The van der Waals surface area contributed by atoms with Gasteiger partial charge < -0.3 is 15.4 Å². The van der Waals surface area contributed by atoms with Crippen molar-refractivity contribution in [2.45, 2.75) is 25.0 Å². The molecule has 0 unspecified atom stereocenters. The summed E-state index contributed by atoms with van der Waals surface area (Å²) >= 11 is 1.84. The molecule has 0 aliphatic rings. The first-order chi connectivity index (χ1) is 10.1. The number of nitrogens with one attached hydrogen (secondary N) is 2. The number of guanidine groups is 1. The summed E-state index contributed by atoms with van der Waals surface area (Å²) in [6.07, 6.45) is 3.06. The molecule has 0 amide bonds. The highest BCUT2D eigenvalue weighted by molar-refractivity contribution is 7.99. The van der Waals surface area contributed by atoms with Crippen molar-refractivity contribution in [3.05, 3.63) is 30.3 Å². The Labute approximate surface area is 132 Å². The topological polar surface area (TPSA) is 45.7 Å². The summed E-state index contributed by atoms with van der Waals surface area (Å²) < 4.78 is 5.85. The normalized spacial score (nSPS) is 12.1. The zero-order valence-corrected chi connectivity index (χ0v) is 14.3. The Morgan fingerprint density at radius 3 is 2.57 bits per heavy atom. The molecule has 2 N–H and O–H groups in total. The van der Waals surface area contributed by atoms with Crippen LogP contribution in [0.2, 0.25) is 0 Å². The predicted octanol–water partition coefficient (Wildman–Crippen LogP) is 2.76. The lowest BCUT2D eigenvalue weighted by molar-refractivity contribution is 0.311. The van der Waals surface area contributed by atoms with Crippen LogP contribution in [0.5, 0.6) is 5.75 Å². The van der Waals surface area contributed by atoms with Gasteiger partial charge in [0.1, 0.15) is 5.75 Å². The van der Waals surface area contributed by atoms with Crippen molar-refractivity contribution in [1.29, 1.82) is 0 Å². The van der Waals surface area contributed by atoms with Crippen molar-refractivity contribution in [2.75, 3.05) is 33.0 Å². The first kappa shape index (κ1) is 17.7. The van der Waals surface area contributed by atoms with Crippen LogP contribution in [0.4, 0.5) is 0 Å². The van der Waals surface area contributed by atoms with Crippen LogP contribution in [0, 0.1) is 0 Å². The van der Waals surface area contributed by atoms with Crippen molar-refractivity contribution in [2.24, 2.45) is 4.99 Å². The molecule has 0 spiro atoms. The van der Waals surface area contributed by atoms with Crippen molar-refractivity contribution in [3.63, 3.8) is 0 Å². The van der Waals surface area contributed by atoms with E-state index in [0.717, 1.165) is 31.2 Å². The fraction of sp³-hybridized carbons (Fsp3) is 0.562. The van der Waals surface area contributed by atoms with Gasteiger partial charge in [0.2, 0.25) is 0 Å². The third kappa shape index (κ3) is 7.85. The molecule has 0 radical (unpaired) electrons. The highest BCUT2D eigenvalue weighted by atomic mass is 32.2. The fourth-order valence-electron chi connectivity index (χ4n) is 1.58. The summed E-state index contributed by atoms with van der Waals surface area (Å²) in [5, 5.41) is 6.65. The van der Waals surface area contributed by atoms with Crippen LogP contribution in [0.15, 0.2) is 35.3 Å². The van der Waals surface area contributed by atoms with E-state index in [2.05, 4.69) is 35.7 Å². The Morgan fingerprint density at radius 2 is 1.95 bits per heavy atom. The van der Waals surface area contributed by atoms with Gasteiger partial charge in [-0.3, -0.25) is 4.99 Å². The van der Waals surface area contributed by atoms with Gasteiger partial charge in [0.15, 0.2) is 5.96 Å². The number of hydrogen-bond donors (Lipinski definition) is 2. The van der Waals surface area contributed by atoms with E-state index < -0.39 is 0 Å². The Kier molecular flexibility index (Phi) is 8.05. The molecule has 1 rings (SSSR count). The molecule has 118 valence electrons. The Morgan fingerprint density at radius 1 is 1.24 bits per heavy atom. The summed E-state index contributed by atoms with van der Waals surface area (Å²) in [5.74, 6) is 1.76. The Hall–Kier alpha value is -1.36. The maximum absolute atomic E-state index is 5.65. The van der Waals surface area contributed by atoms with Gasteiger partial charge in [-0.25, -0.2) is 0 Å². The highest BCUT2D eigenvalue weighted by Crippen LogP contribution is 2.19. The van der Waals surface area contributed by atoms with Gasteiger partial charge in [0.25, 0.3) is 0 Å². The molecule has 0 saturated carbocycles. The standard InChI is InChI=1S/C16H27N3OS/c1-16(2,21-4)13-19-15(17-3)18-11-8-12-20-14-9-6-5-7-10-14/h5-7,9-10H,8,11-13H2,1-4H3,(H2,17,18,19). The largest absolute Gasteiger partial charge is 0.494 e. The first-order valence-corrected chi connectivity index (χ1v) is 8.47. The lowest BCUT2D eigenvalue weighted by Crippen LogP contribution is -2.43. The summed E-state index contributed by atoms with van der Waals surface area (Å²) in [7, 11) is 1.79. The molecule has 0 bridgehead atoms. The van der Waals surface area contributed by atoms with Crippen LogP contribution in [-0.2, 0) is 0 Å². The van der Waals surface area contributed by atoms with Gasteiger partial charge in [-0.2, -0.15) is 11.8 Å². The van der Waals surface area contributed by atoms with E-state index in [0.29, 0.717) is 6.61 Å². The molecule has 4 nitrogen and oxygen atoms in total. The van der Waals surface area contributed by atoms with E-state index in [1.807, 2.05) is 42.1 Å². The Balaban J connectivity index is 2.15. The van der Waals surface area contributed by atoms with Crippen LogP contribution in [-0.4, -0.2) is 43.7 Å². The number of para-hydroxylation sites is 1. The minimum Gasteiger partial charge on any atom is -0.494 e. The van der Waals surface area contributed by atoms with E-state index in [1.165, 1.54) is 0 Å². The van der Waals surface area contributed by atoms with Crippen LogP contribution in [0.3, 0.4) is 0 Å². The summed E-state index contributed by atoms with van der Waals surface area (Å²) in [4.78, 5) is 4.23. The molecule has 0 aliphatic carbocycles. The van der Waals surface area contributed by atoms with Crippen LogP contribution >= 0.6 is 11.8 Å². The molecule has 1 aromatic rings. The third-order valence-electron chi connectivity index (χ3n) is 3.08. The van der Waals surface area contributed by atoms with Crippen molar-refractivity contribution >= 4 is 17.7 Å². The second kappa shape index (κ2) is 9.55. The van der Waals surface area contributed by atoms with E-state index in [1.54, 1.807) is 7.05 Å². The van der Waals surface area contributed by atoms with Gasteiger partial charge in [-0.1, -0.05) is 18.2 Å². The molecule has 1 aromatic carbocycles. The molecule has 0 saturated heterocycles. The van der Waals surface area contributed by atoms with E-state index in [4.69, 9.17) is 4.74 Å². The number of thioether (sulfide) groups is 1. The van der Waals surface area contributed by atoms with Crippen LogP contribution < -0.4 is 15.4 Å². The molecule has 0 aliphatic heterocycles. The average molecular weight is 309 g/mol. The molecule has 0 heterocycles. The van der Waals surface area contributed by atoms with Gasteiger partial charge in [-0.15, -0.1) is 0 Å². The molecule has 21 heavy (non-hydrogen) atoms. The quantitative estimate of drug-likeness (QED) is 0.440. The molecular weight excluding hydrogens is 282 g/mol. The summed E-state index contributed by atoms with van der Waals surface area (Å²) in [6.45, 7) is 6.85. The second-order valence-corrected chi connectivity index (χ2v) is 6.84. The van der Waals surface area contributed by atoms with Crippen LogP contribution in [0.1, 0.15) is 20.3 Å². The van der Waals surface area contributed by atoms with E-state index in [-0.39, 0.29) is 4.75 Å². The van der Waals surface area contributed by atoms with Gasteiger partial charge in [-0.05, 0) is 38.7 Å². The number of rotatable bonds is 8. The van der Waals surface area contributed by atoms with E-state index in [9.17, 15) is 0 Å². The molecule has 0 atom stereocenters. The molecule has 0 aromatic heterocycles. The minimum atomic E-state index is 0.202. The van der Waals surface area contributed by atoms with Crippen molar-refractivity contribution in [3.8, 4) is 5.75 Å². The number of ether oxygens (including phenoxy) is 1. The number of aliphatic imine (C=N–C) groups is 1. The number of nitrogens with zero attached hydrogens (tertiary/aromatic N) is 1. The summed E-state index contributed by atoms with van der Waals surface area (Å²) in [5.41, 5.74) is 0. The van der Waals surface area contributed by atoms with E-state index >= 15 is 0 Å². The average Bonchev–Trinajstić information content (AvgIpc) is 2.51. The molecule has 5 heteroatoms. The highest BCUT2D eigenvalue weighted by Gasteiger charge is 2.15. The Bertz CT molecular complexity index is 421. The fourth-order valence-corrected chi connectivity index (χ4v) is 1.79. The SMILES string of the molecule is CN=C(NCCCOc1ccccc1)NCC(C)(C)SC. The zero-order chi connectivity index (χ0) is 15.6. The maximum atomic E-state index is 5.65. The lowest BCUT2D eigenvalue weighted by atomic mass is 10.2. The second-order valence-electron chi connectivity index (χ2n) is 5.33. The van der Waals surface area contributed by atoms with Gasteiger partial charge in [0.05, 0.1) is 6.61 Å². The smallest absolute Gasteiger partial charge is 0.191 e. The van der Waals surface area contributed by atoms with Crippen LogP contribution in [0.25, 0.3) is 0 Å². The van der Waals surface area contributed by atoms with Crippen molar-refractivity contribution in [1.82, 2.24) is 10.6 Å². The number of hydrogen-bond acceptors (Lipinski definition) is 3. The molecular formula is C16H27N3OS. The summed E-state index contributed by atoms with van der Waals surface area (Å²) in [6, 6.07) is 9.89. The monoisotopic (exact) mass is 309 g/mol. The number of benzene rings is 1. The molecule has 0 fully saturated rings.